The highest BCUT2D eigenvalue weighted by molar-refractivity contribution is 5.42. The van der Waals surface area contributed by atoms with Crippen molar-refractivity contribution in [2.75, 3.05) is 19.6 Å². The normalized spacial score (nSPS) is 33.5. The van der Waals surface area contributed by atoms with Gasteiger partial charge in [0.25, 0.3) is 0 Å². The number of piperidine rings is 1. The highest BCUT2D eigenvalue weighted by atomic mass is 16.7. The van der Waals surface area contributed by atoms with Gasteiger partial charge in [-0.1, -0.05) is 52.3 Å². The van der Waals surface area contributed by atoms with Crippen molar-refractivity contribution in [1.29, 1.82) is 0 Å². The van der Waals surface area contributed by atoms with E-state index in [9.17, 15) is 0 Å². The van der Waals surface area contributed by atoms with Gasteiger partial charge in [0.2, 0.25) is 0 Å². The van der Waals surface area contributed by atoms with Crippen LogP contribution in [0.1, 0.15) is 88.8 Å². The molecule has 1 heterocycles. The first kappa shape index (κ1) is 20.4. The summed E-state index contributed by atoms with van der Waals surface area (Å²) in [5.41, 5.74) is 8.81. The van der Waals surface area contributed by atoms with Gasteiger partial charge in [-0.05, 0) is 91.0 Å². The number of aryl methyl sites for hydroxylation is 1. The van der Waals surface area contributed by atoms with Gasteiger partial charge in [-0.3, -0.25) is 4.84 Å². The summed E-state index contributed by atoms with van der Waals surface area (Å²) in [6.07, 6.45) is 9.14. The standard InChI is InChI=1S/C25H40N2O/c1-18(2)19-6-8-22-20(16-19)7-9-23-24(3,12-5-13-25(22,23)4)17-27-28-21-10-14-26-15-11-21/h6,8,16,18,21,23,26-27H,5,7,9-15,17H2,1-4H3/t23?,24-,25-/m1/s1. The van der Waals surface area contributed by atoms with Crippen molar-refractivity contribution in [3.8, 4) is 0 Å². The summed E-state index contributed by atoms with van der Waals surface area (Å²) < 4.78 is 0. The number of nitrogens with one attached hydrogen (secondary N) is 2. The molecule has 28 heavy (non-hydrogen) atoms. The third-order valence-corrected chi connectivity index (χ3v) is 8.18. The van der Waals surface area contributed by atoms with E-state index < -0.39 is 0 Å². The fourth-order valence-electron chi connectivity index (χ4n) is 6.45. The molecule has 0 radical (unpaired) electrons. The SMILES string of the molecule is CC(C)c1ccc2c(c1)CCC1[C@@](C)(CNOC3CCNCC3)CCC[C@]21C. The molecule has 0 bridgehead atoms. The Morgan fingerprint density at radius 3 is 2.68 bits per heavy atom. The predicted molar refractivity (Wildman–Crippen MR) is 117 cm³/mol. The van der Waals surface area contributed by atoms with Crippen molar-refractivity contribution >= 4 is 0 Å². The third-order valence-electron chi connectivity index (χ3n) is 8.18. The second kappa shape index (κ2) is 8.08. The van der Waals surface area contributed by atoms with Gasteiger partial charge < -0.3 is 5.32 Å². The summed E-state index contributed by atoms with van der Waals surface area (Å²) in [6.45, 7) is 12.8. The first-order valence-electron chi connectivity index (χ1n) is 11.6. The Balaban J connectivity index is 1.49. The molecular weight excluding hydrogens is 344 g/mol. The number of hydroxylamine groups is 1. The van der Waals surface area contributed by atoms with Crippen molar-refractivity contribution in [3.63, 3.8) is 0 Å². The summed E-state index contributed by atoms with van der Waals surface area (Å²) in [5, 5.41) is 3.42. The van der Waals surface area contributed by atoms with Crippen LogP contribution in [0.4, 0.5) is 0 Å². The van der Waals surface area contributed by atoms with Crippen molar-refractivity contribution < 1.29 is 4.84 Å². The van der Waals surface area contributed by atoms with Crippen molar-refractivity contribution in [3.05, 3.63) is 34.9 Å². The van der Waals surface area contributed by atoms with E-state index in [1.165, 1.54) is 37.7 Å². The van der Waals surface area contributed by atoms with E-state index in [4.69, 9.17) is 4.84 Å². The fraction of sp³-hybridized carbons (Fsp3) is 0.760. The van der Waals surface area contributed by atoms with Crippen LogP contribution < -0.4 is 10.8 Å². The molecule has 1 aromatic carbocycles. The van der Waals surface area contributed by atoms with Gasteiger partial charge in [-0.2, -0.15) is 0 Å². The maximum Gasteiger partial charge on any atom is 0.0814 e. The Kier molecular flexibility index (Phi) is 5.88. The van der Waals surface area contributed by atoms with Gasteiger partial charge in [0, 0.05) is 6.54 Å². The number of rotatable bonds is 5. The van der Waals surface area contributed by atoms with Crippen LogP contribution >= 0.6 is 0 Å². The van der Waals surface area contributed by atoms with Crippen LogP contribution in [0.25, 0.3) is 0 Å². The largest absolute Gasteiger partial charge is 0.317 e. The molecule has 0 spiro atoms. The zero-order valence-corrected chi connectivity index (χ0v) is 18.4. The molecule has 0 amide bonds. The number of benzene rings is 1. The lowest BCUT2D eigenvalue weighted by Gasteiger charge is -2.55. The Bertz CT molecular complexity index is 681. The summed E-state index contributed by atoms with van der Waals surface area (Å²) in [5.74, 6) is 1.35. The smallest absolute Gasteiger partial charge is 0.0814 e. The highest BCUT2D eigenvalue weighted by Gasteiger charge is 2.51. The maximum absolute atomic E-state index is 6.09. The van der Waals surface area contributed by atoms with E-state index in [0.29, 0.717) is 22.9 Å². The molecule has 1 saturated heterocycles. The van der Waals surface area contributed by atoms with Crippen LogP contribution in [0.3, 0.4) is 0 Å². The van der Waals surface area contributed by atoms with E-state index in [1.54, 1.807) is 11.1 Å². The summed E-state index contributed by atoms with van der Waals surface area (Å²) in [7, 11) is 0. The lowest BCUT2D eigenvalue weighted by Crippen LogP contribution is -2.53. The van der Waals surface area contributed by atoms with E-state index in [2.05, 4.69) is 56.7 Å². The van der Waals surface area contributed by atoms with Gasteiger partial charge in [-0.15, -0.1) is 0 Å². The molecule has 0 aromatic heterocycles. The Hall–Kier alpha value is -0.900. The van der Waals surface area contributed by atoms with Gasteiger partial charge in [-0.25, -0.2) is 5.48 Å². The number of fused-ring (bicyclic) bond motifs is 3. The van der Waals surface area contributed by atoms with Gasteiger partial charge in [0.1, 0.15) is 0 Å². The molecule has 3 aliphatic rings. The van der Waals surface area contributed by atoms with Crippen LogP contribution in [0.5, 0.6) is 0 Å². The molecule has 1 saturated carbocycles. The van der Waals surface area contributed by atoms with Crippen LogP contribution in [0, 0.1) is 11.3 Å². The molecule has 156 valence electrons. The summed E-state index contributed by atoms with van der Waals surface area (Å²) in [4.78, 5) is 6.09. The molecule has 3 atom stereocenters. The van der Waals surface area contributed by atoms with Crippen LogP contribution in [-0.4, -0.2) is 25.7 Å². The lowest BCUT2D eigenvalue weighted by atomic mass is 9.50. The molecule has 4 rings (SSSR count). The monoisotopic (exact) mass is 384 g/mol. The second-order valence-corrected chi connectivity index (χ2v) is 10.5. The van der Waals surface area contributed by atoms with Crippen LogP contribution in [0.2, 0.25) is 0 Å². The molecule has 3 nitrogen and oxygen atoms in total. The molecule has 3 heteroatoms. The molecule has 1 aliphatic heterocycles. The van der Waals surface area contributed by atoms with E-state index >= 15 is 0 Å². The van der Waals surface area contributed by atoms with Crippen molar-refractivity contribution in [2.45, 2.75) is 90.1 Å². The highest BCUT2D eigenvalue weighted by Crippen LogP contribution is 2.57. The van der Waals surface area contributed by atoms with Crippen LogP contribution in [-0.2, 0) is 16.7 Å². The Morgan fingerprint density at radius 1 is 1.14 bits per heavy atom. The molecule has 2 aliphatic carbocycles. The van der Waals surface area contributed by atoms with E-state index in [0.717, 1.165) is 38.4 Å². The Labute approximate surface area is 172 Å². The topological polar surface area (TPSA) is 33.3 Å². The average Bonchev–Trinajstić information content (AvgIpc) is 2.68. The second-order valence-electron chi connectivity index (χ2n) is 10.5. The van der Waals surface area contributed by atoms with Crippen molar-refractivity contribution in [1.82, 2.24) is 10.8 Å². The minimum absolute atomic E-state index is 0.312. The number of hydrogen-bond acceptors (Lipinski definition) is 3. The number of hydrogen-bond donors (Lipinski definition) is 2. The molecule has 1 unspecified atom stereocenters. The van der Waals surface area contributed by atoms with Gasteiger partial charge in [0.05, 0.1) is 6.10 Å². The quantitative estimate of drug-likeness (QED) is 0.694. The zero-order chi connectivity index (χ0) is 19.8. The average molecular weight is 385 g/mol. The van der Waals surface area contributed by atoms with E-state index in [-0.39, 0.29) is 0 Å². The minimum Gasteiger partial charge on any atom is -0.317 e. The first-order chi connectivity index (χ1) is 13.4. The lowest BCUT2D eigenvalue weighted by molar-refractivity contribution is -0.0745. The molecular formula is C25H40N2O. The third kappa shape index (κ3) is 3.78. The van der Waals surface area contributed by atoms with E-state index in [1.807, 2.05) is 0 Å². The maximum atomic E-state index is 6.09. The first-order valence-corrected chi connectivity index (χ1v) is 11.6. The molecule has 2 fully saturated rings. The minimum atomic E-state index is 0.312. The van der Waals surface area contributed by atoms with Crippen molar-refractivity contribution in [2.24, 2.45) is 11.3 Å². The van der Waals surface area contributed by atoms with Gasteiger partial charge in [0.15, 0.2) is 0 Å². The van der Waals surface area contributed by atoms with Crippen LogP contribution in [0.15, 0.2) is 18.2 Å². The summed E-state index contributed by atoms with van der Waals surface area (Å²) >= 11 is 0. The fourth-order valence-corrected chi connectivity index (χ4v) is 6.45. The Morgan fingerprint density at radius 2 is 1.93 bits per heavy atom. The molecule has 2 N–H and O–H groups in total. The summed E-state index contributed by atoms with van der Waals surface area (Å²) in [6, 6.07) is 7.37. The van der Waals surface area contributed by atoms with Gasteiger partial charge >= 0.3 is 0 Å². The predicted octanol–water partition coefficient (Wildman–Crippen LogP) is 5.09. The molecule has 1 aromatic rings. The zero-order valence-electron chi connectivity index (χ0n) is 18.4.